The lowest BCUT2D eigenvalue weighted by atomic mass is 10.2. The Balaban J connectivity index is 1.87. The Labute approximate surface area is 130 Å². The molecular weight excluding hydrogens is 312 g/mol. The summed E-state index contributed by atoms with van der Waals surface area (Å²) in [5.74, 6) is 0.712. The van der Waals surface area contributed by atoms with Crippen LogP contribution < -0.4 is 15.4 Å². The van der Waals surface area contributed by atoms with Gasteiger partial charge in [0, 0.05) is 24.2 Å². The van der Waals surface area contributed by atoms with Gasteiger partial charge in [-0.15, -0.1) is 0 Å². The number of aryl methyl sites for hydroxylation is 1. The molecule has 1 unspecified atom stereocenters. The van der Waals surface area contributed by atoms with Crippen LogP contribution in [-0.2, 0) is 10.0 Å². The Kier molecular flexibility index (Phi) is 5.08. The highest BCUT2D eigenvalue weighted by molar-refractivity contribution is 7.89. The third-order valence-corrected chi connectivity index (χ3v) is 4.90. The number of halogens is 1. The van der Waals surface area contributed by atoms with E-state index in [0.29, 0.717) is 29.1 Å². The summed E-state index contributed by atoms with van der Waals surface area (Å²) >= 11 is 5.83. The van der Waals surface area contributed by atoms with Gasteiger partial charge in [-0.3, -0.25) is 4.99 Å². The van der Waals surface area contributed by atoms with Crippen LogP contribution in [-0.4, -0.2) is 40.1 Å². The molecule has 0 radical (unpaired) electrons. The number of benzene rings is 1. The second kappa shape index (κ2) is 6.64. The van der Waals surface area contributed by atoms with Gasteiger partial charge in [-0.1, -0.05) is 11.6 Å². The molecule has 0 fully saturated rings. The molecule has 8 heteroatoms. The minimum absolute atomic E-state index is 0.247. The summed E-state index contributed by atoms with van der Waals surface area (Å²) in [4.78, 5) is 4.48. The highest BCUT2D eigenvalue weighted by Crippen LogP contribution is 2.19. The van der Waals surface area contributed by atoms with Gasteiger partial charge in [0.1, 0.15) is 0 Å². The number of hydrogen-bond acceptors (Lipinski definition) is 5. The molecule has 21 heavy (non-hydrogen) atoms. The summed E-state index contributed by atoms with van der Waals surface area (Å²) in [6, 6.07) is 5.03. The quantitative estimate of drug-likeness (QED) is 0.699. The van der Waals surface area contributed by atoms with E-state index in [1.54, 1.807) is 19.1 Å². The zero-order valence-electron chi connectivity index (χ0n) is 12.0. The number of sulfonamides is 1. The number of aliphatic imine (C=N–C) groups is 1. The lowest BCUT2D eigenvalue weighted by molar-refractivity contribution is 0.580. The van der Waals surface area contributed by atoms with E-state index in [2.05, 4.69) is 20.3 Å². The second-order valence-electron chi connectivity index (χ2n) is 4.97. The Hall–Kier alpha value is -1.31. The molecule has 1 aromatic rings. The van der Waals surface area contributed by atoms with Gasteiger partial charge in [-0.25, -0.2) is 13.1 Å². The van der Waals surface area contributed by atoms with Crippen molar-refractivity contribution < 1.29 is 8.42 Å². The largest absolute Gasteiger partial charge is 0.355 e. The first-order chi connectivity index (χ1) is 9.88. The molecule has 0 bridgehead atoms. The van der Waals surface area contributed by atoms with Crippen LogP contribution in [0, 0.1) is 6.92 Å². The molecule has 0 aliphatic carbocycles. The minimum atomic E-state index is -3.52. The van der Waals surface area contributed by atoms with Crippen molar-refractivity contribution in [3.63, 3.8) is 0 Å². The summed E-state index contributed by atoms with van der Waals surface area (Å²) in [6.45, 7) is 5.23. The van der Waals surface area contributed by atoms with Gasteiger partial charge in [-0.05, 0) is 37.6 Å². The van der Waals surface area contributed by atoms with Crippen LogP contribution in [0.3, 0.4) is 0 Å². The Bertz CT molecular complexity index is 646. The van der Waals surface area contributed by atoms with E-state index >= 15 is 0 Å². The number of hydrogen-bond donors (Lipinski definition) is 3. The Morgan fingerprint density at radius 3 is 2.81 bits per heavy atom. The van der Waals surface area contributed by atoms with E-state index in [1.165, 1.54) is 6.07 Å². The first-order valence-corrected chi connectivity index (χ1v) is 8.55. The molecule has 1 aliphatic rings. The van der Waals surface area contributed by atoms with E-state index in [9.17, 15) is 8.42 Å². The van der Waals surface area contributed by atoms with Gasteiger partial charge in [0.05, 0.1) is 11.4 Å². The molecule has 0 amide bonds. The fraction of sp³-hybridized carbons (Fsp3) is 0.462. The van der Waals surface area contributed by atoms with E-state index in [0.717, 1.165) is 6.54 Å². The molecule has 0 aromatic heterocycles. The summed E-state index contributed by atoms with van der Waals surface area (Å²) in [6.07, 6.45) is 0. The second-order valence-corrected chi connectivity index (χ2v) is 7.14. The van der Waals surface area contributed by atoms with Crippen LogP contribution >= 0.6 is 11.6 Å². The zero-order chi connectivity index (χ0) is 15.5. The van der Waals surface area contributed by atoms with Crippen LogP contribution in [0.4, 0.5) is 0 Å². The van der Waals surface area contributed by atoms with Crippen molar-refractivity contribution in [3.8, 4) is 0 Å². The maximum absolute atomic E-state index is 12.2. The fourth-order valence-electron chi connectivity index (χ4n) is 2.02. The molecule has 1 atom stereocenters. The summed E-state index contributed by atoms with van der Waals surface area (Å²) in [5, 5.41) is 6.72. The molecule has 0 saturated carbocycles. The molecule has 6 nitrogen and oxygen atoms in total. The standard InChI is InChI=1S/C13H19ClN4O2S/c1-9-7-11(14)3-4-12(9)21(19,20)17-6-5-15-13-16-8-10(2)18-13/h3-4,7,10,17H,5-6,8H2,1-2H3,(H2,15,16,18). The number of guanidine groups is 1. The van der Waals surface area contributed by atoms with Crippen molar-refractivity contribution >= 4 is 27.6 Å². The SMILES string of the molecule is Cc1cc(Cl)ccc1S(=O)(=O)NCCNC1=NCC(C)N1. The van der Waals surface area contributed by atoms with Gasteiger partial charge in [0.2, 0.25) is 10.0 Å². The van der Waals surface area contributed by atoms with Crippen molar-refractivity contribution in [2.24, 2.45) is 4.99 Å². The number of nitrogens with one attached hydrogen (secondary N) is 3. The van der Waals surface area contributed by atoms with E-state index in [4.69, 9.17) is 11.6 Å². The highest BCUT2D eigenvalue weighted by Gasteiger charge is 2.16. The monoisotopic (exact) mass is 330 g/mol. The molecule has 116 valence electrons. The van der Waals surface area contributed by atoms with E-state index in [1.807, 2.05) is 6.92 Å². The van der Waals surface area contributed by atoms with Crippen molar-refractivity contribution in [3.05, 3.63) is 28.8 Å². The van der Waals surface area contributed by atoms with Crippen molar-refractivity contribution in [1.82, 2.24) is 15.4 Å². The van der Waals surface area contributed by atoms with Crippen molar-refractivity contribution in [2.75, 3.05) is 19.6 Å². The normalized spacial score (nSPS) is 18.2. The highest BCUT2D eigenvalue weighted by atomic mass is 35.5. The van der Waals surface area contributed by atoms with Crippen LogP contribution in [0.5, 0.6) is 0 Å². The molecule has 2 rings (SSSR count). The smallest absolute Gasteiger partial charge is 0.240 e. The fourth-order valence-corrected chi connectivity index (χ4v) is 3.50. The van der Waals surface area contributed by atoms with E-state index < -0.39 is 10.0 Å². The number of rotatable bonds is 5. The molecule has 1 aromatic carbocycles. The van der Waals surface area contributed by atoms with Crippen LogP contribution in [0.1, 0.15) is 12.5 Å². The molecule has 0 spiro atoms. The minimum Gasteiger partial charge on any atom is -0.355 e. The lowest BCUT2D eigenvalue weighted by Gasteiger charge is -2.11. The summed E-state index contributed by atoms with van der Waals surface area (Å²) < 4.78 is 26.9. The van der Waals surface area contributed by atoms with Crippen LogP contribution in [0.25, 0.3) is 0 Å². The number of nitrogens with zero attached hydrogens (tertiary/aromatic N) is 1. The van der Waals surface area contributed by atoms with Crippen LogP contribution in [0.2, 0.25) is 5.02 Å². The molecule has 1 aliphatic heterocycles. The zero-order valence-corrected chi connectivity index (χ0v) is 13.6. The Morgan fingerprint density at radius 2 is 2.19 bits per heavy atom. The third kappa shape index (κ3) is 4.33. The van der Waals surface area contributed by atoms with Crippen molar-refractivity contribution in [1.29, 1.82) is 0 Å². The van der Waals surface area contributed by atoms with Crippen LogP contribution in [0.15, 0.2) is 28.1 Å². The maximum Gasteiger partial charge on any atom is 0.240 e. The van der Waals surface area contributed by atoms with Crippen molar-refractivity contribution in [2.45, 2.75) is 24.8 Å². The predicted molar refractivity (Wildman–Crippen MR) is 84.3 cm³/mol. The first-order valence-electron chi connectivity index (χ1n) is 6.69. The van der Waals surface area contributed by atoms with Gasteiger partial charge < -0.3 is 10.6 Å². The molecule has 0 saturated heterocycles. The maximum atomic E-state index is 12.2. The third-order valence-electron chi connectivity index (χ3n) is 3.04. The topological polar surface area (TPSA) is 82.6 Å². The molecule has 1 heterocycles. The predicted octanol–water partition coefficient (Wildman–Crippen LogP) is 0.864. The van der Waals surface area contributed by atoms with Gasteiger partial charge in [0.15, 0.2) is 5.96 Å². The average molecular weight is 331 g/mol. The molecule has 3 N–H and O–H groups in total. The van der Waals surface area contributed by atoms with Gasteiger partial charge >= 0.3 is 0 Å². The van der Waals surface area contributed by atoms with Gasteiger partial charge in [-0.2, -0.15) is 0 Å². The van der Waals surface area contributed by atoms with Gasteiger partial charge in [0.25, 0.3) is 0 Å². The Morgan fingerprint density at radius 1 is 1.43 bits per heavy atom. The average Bonchev–Trinajstić information content (AvgIpc) is 2.80. The lowest BCUT2D eigenvalue weighted by Crippen LogP contribution is -2.41. The molecular formula is C13H19ClN4O2S. The first kappa shape index (κ1) is 16.1. The van der Waals surface area contributed by atoms with E-state index in [-0.39, 0.29) is 11.4 Å². The summed E-state index contributed by atoms with van der Waals surface area (Å²) in [7, 11) is -3.52. The summed E-state index contributed by atoms with van der Waals surface area (Å²) in [5.41, 5.74) is 0.624.